The zero-order valence-corrected chi connectivity index (χ0v) is 18.9. The SMILES string of the molecule is CCCCN(C)c1c2c(nc3c(-c4ccc(OC)cc4C)c(C)nn13)CCC2.Cl. The molecule has 3 aromatic rings. The van der Waals surface area contributed by atoms with E-state index >= 15 is 0 Å². The monoisotopic (exact) mass is 414 g/mol. The number of anilines is 1. The average Bonchev–Trinajstić information content (AvgIpc) is 3.27. The number of hydrogen-bond donors (Lipinski definition) is 0. The predicted octanol–water partition coefficient (Wildman–Crippen LogP) is 5.17. The molecule has 0 atom stereocenters. The van der Waals surface area contributed by atoms with Crippen LogP contribution in [0.3, 0.4) is 0 Å². The first-order valence-corrected chi connectivity index (χ1v) is 10.3. The highest BCUT2D eigenvalue weighted by Gasteiger charge is 2.26. The van der Waals surface area contributed by atoms with Crippen molar-refractivity contribution in [2.45, 2.75) is 52.9 Å². The van der Waals surface area contributed by atoms with Gasteiger partial charge in [-0.05, 0) is 62.8 Å². The second kappa shape index (κ2) is 8.62. The van der Waals surface area contributed by atoms with Crippen LogP contribution in [0, 0.1) is 13.8 Å². The molecule has 0 amide bonds. The highest BCUT2D eigenvalue weighted by molar-refractivity contribution is 5.85. The minimum atomic E-state index is 0. The summed E-state index contributed by atoms with van der Waals surface area (Å²) in [5.41, 5.74) is 8.13. The zero-order valence-electron chi connectivity index (χ0n) is 18.1. The van der Waals surface area contributed by atoms with E-state index in [1.165, 1.54) is 47.5 Å². The van der Waals surface area contributed by atoms with Crippen molar-refractivity contribution in [3.05, 3.63) is 40.7 Å². The van der Waals surface area contributed by atoms with Crippen molar-refractivity contribution in [2.24, 2.45) is 0 Å². The molecule has 0 spiro atoms. The Morgan fingerprint density at radius 3 is 2.69 bits per heavy atom. The number of halogens is 1. The van der Waals surface area contributed by atoms with Crippen LogP contribution in [0.2, 0.25) is 0 Å². The minimum Gasteiger partial charge on any atom is -0.497 e. The third kappa shape index (κ3) is 3.68. The van der Waals surface area contributed by atoms with Gasteiger partial charge in [0.2, 0.25) is 0 Å². The van der Waals surface area contributed by atoms with Crippen LogP contribution < -0.4 is 9.64 Å². The Labute approximate surface area is 179 Å². The van der Waals surface area contributed by atoms with Gasteiger partial charge in [-0.15, -0.1) is 12.4 Å². The molecule has 29 heavy (non-hydrogen) atoms. The lowest BCUT2D eigenvalue weighted by Crippen LogP contribution is -2.23. The number of benzene rings is 1. The highest BCUT2D eigenvalue weighted by atomic mass is 35.5. The van der Waals surface area contributed by atoms with Crippen LogP contribution in [0.1, 0.15) is 48.7 Å². The molecule has 0 bridgehead atoms. The van der Waals surface area contributed by atoms with Crippen molar-refractivity contribution in [1.82, 2.24) is 14.6 Å². The number of unbranched alkanes of at least 4 members (excludes halogenated alkanes) is 1. The summed E-state index contributed by atoms with van der Waals surface area (Å²) in [4.78, 5) is 7.48. The maximum atomic E-state index is 5.39. The van der Waals surface area contributed by atoms with Crippen molar-refractivity contribution < 1.29 is 4.74 Å². The fourth-order valence-electron chi connectivity index (χ4n) is 4.37. The molecule has 5 nitrogen and oxygen atoms in total. The maximum Gasteiger partial charge on any atom is 0.165 e. The standard InChI is InChI=1S/C23H30N4O.ClH/c1-6-7-13-26(4)23-19-9-8-10-20(19)24-22-21(16(3)25-27(22)23)18-12-11-17(28-5)14-15(18)2;/h11-12,14H,6-10,13H2,1-5H3;1H. The summed E-state index contributed by atoms with van der Waals surface area (Å²) >= 11 is 0. The molecule has 156 valence electrons. The molecule has 0 unspecified atom stereocenters. The fourth-order valence-corrected chi connectivity index (χ4v) is 4.37. The third-order valence-corrected chi connectivity index (χ3v) is 5.85. The summed E-state index contributed by atoms with van der Waals surface area (Å²) in [6.07, 6.45) is 5.71. The van der Waals surface area contributed by atoms with E-state index in [1.54, 1.807) is 7.11 Å². The second-order valence-corrected chi connectivity index (χ2v) is 7.87. The number of aryl methyl sites for hydroxylation is 3. The molecule has 2 heterocycles. The largest absolute Gasteiger partial charge is 0.497 e. The number of hydrogen-bond acceptors (Lipinski definition) is 4. The molecule has 0 radical (unpaired) electrons. The van der Waals surface area contributed by atoms with Crippen LogP contribution in [-0.2, 0) is 12.8 Å². The Bertz CT molecular complexity index is 1030. The maximum absolute atomic E-state index is 5.39. The van der Waals surface area contributed by atoms with E-state index in [9.17, 15) is 0 Å². The van der Waals surface area contributed by atoms with Gasteiger partial charge in [-0.25, -0.2) is 4.98 Å². The van der Waals surface area contributed by atoms with E-state index in [2.05, 4.69) is 49.4 Å². The van der Waals surface area contributed by atoms with E-state index < -0.39 is 0 Å². The van der Waals surface area contributed by atoms with Crippen LogP contribution in [0.4, 0.5) is 5.82 Å². The van der Waals surface area contributed by atoms with E-state index in [1.807, 2.05) is 6.07 Å². The molecular formula is C23H31ClN4O. The normalized spacial score (nSPS) is 12.7. The topological polar surface area (TPSA) is 42.7 Å². The molecule has 1 aromatic carbocycles. The molecule has 6 heteroatoms. The first kappa shape index (κ1) is 21.4. The first-order chi connectivity index (χ1) is 13.5. The first-order valence-electron chi connectivity index (χ1n) is 10.3. The Kier molecular flexibility index (Phi) is 6.37. The van der Waals surface area contributed by atoms with Gasteiger partial charge in [0.1, 0.15) is 11.6 Å². The number of methoxy groups -OCH3 is 1. The average molecular weight is 415 g/mol. The Hall–Kier alpha value is -2.27. The van der Waals surface area contributed by atoms with Crippen molar-refractivity contribution >= 4 is 23.9 Å². The molecule has 0 saturated heterocycles. The van der Waals surface area contributed by atoms with Crippen molar-refractivity contribution in [3.8, 4) is 16.9 Å². The molecule has 0 N–H and O–H groups in total. The van der Waals surface area contributed by atoms with Gasteiger partial charge in [0.25, 0.3) is 0 Å². The molecule has 0 saturated carbocycles. The number of ether oxygens (including phenoxy) is 1. The number of aromatic nitrogens is 3. The minimum absolute atomic E-state index is 0. The summed E-state index contributed by atoms with van der Waals surface area (Å²) < 4.78 is 7.48. The number of nitrogens with zero attached hydrogens (tertiary/aromatic N) is 4. The van der Waals surface area contributed by atoms with Crippen LogP contribution in [0.15, 0.2) is 18.2 Å². The van der Waals surface area contributed by atoms with Crippen molar-refractivity contribution in [2.75, 3.05) is 25.6 Å². The van der Waals surface area contributed by atoms with Crippen molar-refractivity contribution in [1.29, 1.82) is 0 Å². The van der Waals surface area contributed by atoms with Gasteiger partial charge in [0.05, 0.1) is 12.8 Å². The van der Waals surface area contributed by atoms with Gasteiger partial charge in [0, 0.05) is 30.4 Å². The quantitative estimate of drug-likeness (QED) is 0.558. The van der Waals surface area contributed by atoms with Crippen LogP contribution >= 0.6 is 12.4 Å². The van der Waals surface area contributed by atoms with E-state index in [4.69, 9.17) is 14.8 Å². The zero-order chi connectivity index (χ0) is 19.8. The molecule has 0 fully saturated rings. The van der Waals surface area contributed by atoms with Gasteiger partial charge >= 0.3 is 0 Å². The molecule has 2 aromatic heterocycles. The summed E-state index contributed by atoms with van der Waals surface area (Å²) in [6.45, 7) is 7.50. The number of fused-ring (bicyclic) bond motifs is 2. The van der Waals surface area contributed by atoms with E-state index in [0.717, 1.165) is 42.0 Å². The smallest absolute Gasteiger partial charge is 0.165 e. The lowest BCUT2D eigenvalue weighted by atomic mass is 10.0. The third-order valence-electron chi connectivity index (χ3n) is 5.85. The molecule has 0 aliphatic heterocycles. The van der Waals surface area contributed by atoms with Gasteiger partial charge in [-0.1, -0.05) is 19.4 Å². The molecule has 1 aliphatic carbocycles. The van der Waals surface area contributed by atoms with Gasteiger partial charge in [-0.3, -0.25) is 0 Å². The predicted molar refractivity (Wildman–Crippen MR) is 122 cm³/mol. The molecule has 1 aliphatic rings. The summed E-state index contributed by atoms with van der Waals surface area (Å²) in [7, 11) is 3.90. The van der Waals surface area contributed by atoms with Crippen LogP contribution in [0.5, 0.6) is 5.75 Å². The van der Waals surface area contributed by atoms with E-state index in [0.29, 0.717) is 0 Å². The lowest BCUT2D eigenvalue weighted by molar-refractivity contribution is 0.414. The molecular weight excluding hydrogens is 384 g/mol. The van der Waals surface area contributed by atoms with Gasteiger partial charge in [-0.2, -0.15) is 9.61 Å². The summed E-state index contributed by atoms with van der Waals surface area (Å²) in [5.74, 6) is 2.11. The highest BCUT2D eigenvalue weighted by Crippen LogP contribution is 2.37. The Morgan fingerprint density at radius 1 is 1.21 bits per heavy atom. The Morgan fingerprint density at radius 2 is 2.00 bits per heavy atom. The van der Waals surface area contributed by atoms with E-state index in [-0.39, 0.29) is 12.4 Å². The van der Waals surface area contributed by atoms with Crippen LogP contribution in [-0.4, -0.2) is 35.3 Å². The van der Waals surface area contributed by atoms with Crippen LogP contribution in [0.25, 0.3) is 16.8 Å². The molecule has 4 rings (SSSR count). The second-order valence-electron chi connectivity index (χ2n) is 7.87. The van der Waals surface area contributed by atoms with Gasteiger partial charge < -0.3 is 9.64 Å². The summed E-state index contributed by atoms with van der Waals surface area (Å²) in [5, 5.41) is 4.96. The Balaban J connectivity index is 0.00000240. The van der Waals surface area contributed by atoms with Crippen molar-refractivity contribution in [3.63, 3.8) is 0 Å². The summed E-state index contributed by atoms with van der Waals surface area (Å²) in [6, 6.07) is 6.24. The fraction of sp³-hybridized carbons (Fsp3) is 0.478. The van der Waals surface area contributed by atoms with Gasteiger partial charge in [0.15, 0.2) is 5.65 Å². The lowest BCUT2D eigenvalue weighted by Gasteiger charge is -2.23. The number of rotatable bonds is 6.